The normalized spacial score (nSPS) is 19.0. The van der Waals surface area contributed by atoms with E-state index in [1.807, 2.05) is 0 Å². The number of nitrogens with zero attached hydrogens (tertiary/aromatic N) is 2. The van der Waals surface area contributed by atoms with E-state index in [2.05, 4.69) is 0 Å². The molecule has 1 saturated carbocycles. The van der Waals surface area contributed by atoms with Crippen LogP contribution in [0.3, 0.4) is 0 Å². The van der Waals surface area contributed by atoms with E-state index >= 15 is 0 Å². The van der Waals surface area contributed by atoms with Crippen LogP contribution in [0.4, 0.5) is 54.8 Å². The maximum absolute atomic E-state index is 13.9. The topological polar surface area (TPSA) is 59.1 Å². The molecule has 15 heteroatoms. The predicted molar refractivity (Wildman–Crippen MR) is 143 cm³/mol. The highest BCUT2D eigenvalue weighted by Crippen LogP contribution is 2.50. The molecule has 248 valence electrons. The third-order valence-electron chi connectivity index (χ3n) is 7.42. The smallest absolute Gasteiger partial charge is 0.416 e. The number of amides is 2. The van der Waals surface area contributed by atoms with Gasteiger partial charge in [0, 0.05) is 12.6 Å². The minimum atomic E-state index is -5.17. The lowest BCUT2D eigenvalue weighted by Crippen LogP contribution is -2.50. The number of benzene rings is 2. The number of rotatable bonds is 6. The van der Waals surface area contributed by atoms with Crippen LogP contribution in [-0.2, 0) is 34.5 Å². The fourth-order valence-electron chi connectivity index (χ4n) is 5.41. The summed E-state index contributed by atoms with van der Waals surface area (Å²) in [5, 5.41) is 0. The average Bonchev–Trinajstić information content (AvgIpc) is 3.73. The van der Waals surface area contributed by atoms with Gasteiger partial charge < -0.3 is 9.47 Å². The second kappa shape index (κ2) is 12.3. The van der Waals surface area contributed by atoms with E-state index in [4.69, 9.17) is 9.47 Å². The molecule has 1 aliphatic carbocycles. The molecule has 2 amide bonds. The van der Waals surface area contributed by atoms with Crippen molar-refractivity contribution >= 4 is 17.9 Å². The Kier molecular flexibility index (Phi) is 9.33. The number of hydrogen-bond acceptors (Lipinski definition) is 4. The number of anilines is 1. The van der Waals surface area contributed by atoms with Crippen LogP contribution >= 0.6 is 0 Å². The molecule has 0 N–H and O–H groups in total. The number of fused-ring (bicyclic) bond motifs is 1. The number of alkyl halides is 9. The Balaban J connectivity index is 1.91. The lowest BCUT2D eigenvalue weighted by atomic mass is 9.86. The number of carbonyl (C=O) groups excluding carboxylic acids is 2. The number of hydrogen-bond donors (Lipinski definition) is 0. The van der Waals surface area contributed by atoms with Crippen LogP contribution in [0.2, 0.25) is 0 Å². The van der Waals surface area contributed by atoms with Gasteiger partial charge in [-0.15, -0.1) is 0 Å². The first kappa shape index (κ1) is 34.2. The molecule has 2 aliphatic rings. The Morgan fingerprint density at radius 3 is 1.80 bits per heavy atom. The van der Waals surface area contributed by atoms with Gasteiger partial charge in [-0.2, -0.15) is 39.5 Å². The van der Waals surface area contributed by atoms with Gasteiger partial charge in [-0.3, -0.25) is 9.80 Å². The first-order valence-corrected chi connectivity index (χ1v) is 14.1. The Morgan fingerprint density at radius 2 is 1.33 bits per heavy atom. The van der Waals surface area contributed by atoms with Crippen LogP contribution in [-0.4, -0.2) is 35.3 Å². The zero-order chi connectivity index (χ0) is 33.6. The number of halogens is 9. The summed E-state index contributed by atoms with van der Waals surface area (Å²) in [6.07, 6.45) is -17.5. The van der Waals surface area contributed by atoms with Crippen molar-refractivity contribution in [3.05, 3.63) is 64.2 Å². The van der Waals surface area contributed by atoms with Gasteiger partial charge in [-0.05, 0) is 100 Å². The van der Waals surface area contributed by atoms with E-state index in [0.717, 1.165) is 23.1 Å². The molecule has 2 aromatic carbocycles. The van der Waals surface area contributed by atoms with Gasteiger partial charge in [0.15, 0.2) is 0 Å². The summed E-state index contributed by atoms with van der Waals surface area (Å²) in [4.78, 5) is 28.8. The average molecular weight is 655 g/mol. The maximum Gasteiger partial charge on any atom is 0.416 e. The van der Waals surface area contributed by atoms with E-state index in [-0.39, 0.29) is 29.7 Å². The first-order valence-electron chi connectivity index (χ1n) is 14.1. The van der Waals surface area contributed by atoms with Crippen LogP contribution < -0.4 is 4.90 Å². The van der Waals surface area contributed by atoms with Crippen molar-refractivity contribution in [3.63, 3.8) is 0 Å². The van der Waals surface area contributed by atoms with E-state index < -0.39 is 83.8 Å². The summed E-state index contributed by atoms with van der Waals surface area (Å²) >= 11 is 0. The van der Waals surface area contributed by atoms with Gasteiger partial charge >= 0.3 is 30.7 Å². The van der Waals surface area contributed by atoms with Gasteiger partial charge in [0.1, 0.15) is 0 Å². The molecule has 0 bridgehead atoms. The molecule has 0 saturated heterocycles. The van der Waals surface area contributed by atoms with E-state index in [0.29, 0.717) is 25.0 Å². The van der Waals surface area contributed by atoms with Crippen molar-refractivity contribution in [1.29, 1.82) is 0 Å². The quantitative estimate of drug-likeness (QED) is 0.292. The molecular weight excluding hydrogens is 623 g/mol. The summed E-state index contributed by atoms with van der Waals surface area (Å²) in [5.41, 5.74) is -5.16. The van der Waals surface area contributed by atoms with Gasteiger partial charge in [0.05, 0.1) is 40.6 Å². The highest BCUT2D eigenvalue weighted by Gasteiger charge is 2.48. The second-order valence-corrected chi connectivity index (χ2v) is 11.7. The monoisotopic (exact) mass is 654 g/mol. The summed E-state index contributed by atoms with van der Waals surface area (Å²) in [6.45, 7) is 5.20. The van der Waals surface area contributed by atoms with E-state index in [1.54, 1.807) is 13.8 Å². The zero-order valence-corrected chi connectivity index (χ0v) is 24.6. The van der Waals surface area contributed by atoms with Crippen LogP contribution in [0.25, 0.3) is 0 Å². The summed E-state index contributed by atoms with van der Waals surface area (Å²) in [6, 6.07) is 1.34. The standard InChI is InChI=1S/C30H31F9N2O4/c1-15(2)44-26(42)40(14-17-9-20(29(34,35)36)11-21(10-17)30(37,38)39)25-13-24(18-5-6-18)41(27(43)45-16(3)4)23-8-7-19(12-22(23)25)28(31,32)33/h7-12,15-16,18,24-25H,5-6,13-14H2,1-4H3/t24-,25-/m0/s1. The van der Waals surface area contributed by atoms with Gasteiger partial charge in [-0.25, -0.2) is 9.59 Å². The largest absolute Gasteiger partial charge is 0.447 e. The molecule has 2 atom stereocenters. The second-order valence-electron chi connectivity index (χ2n) is 11.7. The van der Waals surface area contributed by atoms with E-state index in [9.17, 15) is 49.1 Å². The first-order chi connectivity index (χ1) is 20.7. The van der Waals surface area contributed by atoms with Crippen molar-refractivity contribution in [2.75, 3.05) is 4.90 Å². The Labute approximate surface area is 253 Å². The third kappa shape index (κ3) is 7.96. The number of carbonyl (C=O) groups is 2. The SMILES string of the molecule is CC(C)OC(=O)N(Cc1cc(C(F)(F)F)cc(C(F)(F)F)c1)[C@H]1C[C@@H](C2CC2)N(C(=O)OC(C)C)c2ccc(C(F)(F)F)cc21. The molecule has 1 heterocycles. The third-order valence-corrected chi connectivity index (χ3v) is 7.42. The minimum absolute atomic E-state index is 0.0239. The van der Waals surface area contributed by atoms with Crippen LogP contribution in [0, 0.1) is 5.92 Å². The van der Waals surface area contributed by atoms with Crippen molar-refractivity contribution in [1.82, 2.24) is 4.90 Å². The molecule has 0 unspecified atom stereocenters. The zero-order valence-electron chi connectivity index (χ0n) is 24.6. The lowest BCUT2D eigenvalue weighted by Gasteiger charge is -2.44. The molecular formula is C30H31F9N2O4. The summed E-state index contributed by atoms with van der Waals surface area (Å²) in [7, 11) is 0. The molecule has 0 spiro atoms. The lowest BCUT2D eigenvalue weighted by molar-refractivity contribution is -0.143. The van der Waals surface area contributed by atoms with Crippen molar-refractivity contribution in [2.24, 2.45) is 5.92 Å². The highest BCUT2D eigenvalue weighted by molar-refractivity contribution is 5.91. The Hall–Kier alpha value is -3.65. The summed E-state index contributed by atoms with van der Waals surface area (Å²) < 4.78 is 134. The van der Waals surface area contributed by atoms with Gasteiger partial charge in [0.2, 0.25) is 0 Å². The molecule has 4 rings (SSSR count). The van der Waals surface area contributed by atoms with Gasteiger partial charge in [-0.1, -0.05) is 0 Å². The highest BCUT2D eigenvalue weighted by atomic mass is 19.4. The molecule has 45 heavy (non-hydrogen) atoms. The molecule has 1 aliphatic heterocycles. The maximum atomic E-state index is 13.9. The molecule has 0 radical (unpaired) electrons. The molecule has 6 nitrogen and oxygen atoms in total. The van der Waals surface area contributed by atoms with Crippen molar-refractivity contribution in [2.45, 2.75) is 96.3 Å². The van der Waals surface area contributed by atoms with Gasteiger partial charge in [0.25, 0.3) is 0 Å². The van der Waals surface area contributed by atoms with E-state index in [1.165, 1.54) is 18.7 Å². The van der Waals surface area contributed by atoms with Crippen LogP contribution in [0.5, 0.6) is 0 Å². The fourth-order valence-corrected chi connectivity index (χ4v) is 5.41. The Bertz CT molecular complexity index is 1380. The van der Waals surface area contributed by atoms with Crippen molar-refractivity contribution < 1.29 is 58.6 Å². The van der Waals surface area contributed by atoms with Crippen molar-refractivity contribution in [3.8, 4) is 0 Å². The predicted octanol–water partition coefficient (Wildman–Crippen LogP) is 9.36. The Morgan fingerprint density at radius 1 is 0.800 bits per heavy atom. The summed E-state index contributed by atoms with van der Waals surface area (Å²) in [5.74, 6) is -0.143. The molecule has 1 fully saturated rings. The van der Waals surface area contributed by atoms with Crippen LogP contribution in [0.1, 0.15) is 80.8 Å². The molecule has 2 aromatic rings. The minimum Gasteiger partial charge on any atom is -0.447 e. The number of ether oxygens (including phenoxy) is 2. The fraction of sp³-hybridized carbons (Fsp3) is 0.533. The van der Waals surface area contributed by atoms with Crippen LogP contribution in [0.15, 0.2) is 36.4 Å². The molecule has 0 aromatic heterocycles.